The van der Waals surface area contributed by atoms with E-state index >= 15 is 0 Å². The highest BCUT2D eigenvalue weighted by Gasteiger charge is 2.18. The van der Waals surface area contributed by atoms with Crippen molar-refractivity contribution in [2.24, 2.45) is 11.8 Å². The zero-order chi connectivity index (χ0) is 16.0. The van der Waals surface area contributed by atoms with Crippen molar-refractivity contribution in [3.05, 3.63) is 29.6 Å². The Labute approximate surface area is 127 Å². The second kappa shape index (κ2) is 8.13. The lowest BCUT2D eigenvalue weighted by Gasteiger charge is -2.25. The minimum absolute atomic E-state index is 0.104. The predicted octanol–water partition coefficient (Wildman–Crippen LogP) is 3.63. The summed E-state index contributed by atoms with van der Waals surface area (Å²) in [6, 6.07) is 4.05. The standard InChI is InChI=1S/C17H26FNO2/c1-12(2)9-19(10-13(3)4)11-16(20)15-8-14(18)6-7-17(15)21-5/h6-8,12-13H,9-11H2,1-5H3. The fourth-order valence-electron chi connectivity index (χ4n) is 2.42. The third-order valence-electron chi connectivity index (χ3n) is 3.08. The van der Waals surface area contributed by atoms with Crippen LogP contribution in [0, 0.1) is 17.7 Å². The van der Waals surface area contributed by atoms with E-state index in [0.29, 0.717) is 23.1 Å². The van der Waals surface area contributed by atoms with Gasteiger partial charge in [0.15, 0.2) is 5.78 Å². The molecule has 0 atom stereocenters. The number of halogens is 1. The summed E-state index contributed by atoms with van der Waals surface area (Å²) in [4.78, 5) is 14.6. The topological polar surface area (TPSA) is 29.5 Å². The van der Waals surface area contributed by atoms with Gasteiger partial charge in [-0.3, -0.25) is 9.69 Å². The molecule has 0 fully saturated rings. The number of carbonyl (C=O) groups excluding carboxylic acids is 1. The molecule has 0 aromatic heterocycles. The highest BCUT2D eigenvalue weighted by atomic mass is 19.1. The third-order valence-corrected chi connectivity index (χ3v) is 3.08. The highest BCUT2D eigenvalue weighted by molar-refractivity contribution is 6.00. The Kier molecular flexibility index (Phi) is 6.82. The number of carbonyl (C=O) groups is 1. The molecule has 0 heterocycles. The van der Waals surface area contributed by atoms with Crippen LogP contribution < -0.4 is 4.74 Å². The summed E-state index contributed by atoms with van der Waals surface area (Å²) in [5, 5.41) is 0. The minimum atomic E-state index is -0.418. The van der Waals surface area contributed by atoms with Crippen molar-refractivity contribution in [1.82, 2.24) is 4.90 Å². The van der Waals surface area contributed by atoms with Crippen molar-refractivity contribution in [3.63, 3.8) is 0 Å². The molecule has 0 aliphatic rings. The first kappa shape index (κ1) is 17.6. The lowest BCUT2D eigenvalue weighted by molar-refractivity contribution is 0.0909. The van der Waals surface area contributed by atoms with E-state index in [-0.39, 0.29) is 12.3 Å². The molecule has 0 N–H and O–H groups in total. The summed E-state index contributed by atoms with van der Waals surface area (Å²) in [6.45, 7) is 10.5. The van der Waals surface area contributed by atoms with Crippen LogP contribution in [0.25, 0.3) is 0 Å². The van der Waals surface area contributed by atoms with Crippen LogP contribution in [0.5, 0.6) is 5.75 Å². The molecule has 0 aliphatic carbocycles. The molecule has 0 saturated heterocycles. The quantitative estimate of drug-likeness (QED) is 0.686. The van der Waals surface area contributed by atoms with Crippen molar-refractivity contribution in [3.8, 4) is 5.75 Å². The lowest BCUT2D eigenvalue weighted by atomic mass is 10.1. The Morgan fingerprint density at radius 2 is 1.76 bits per heavy atom. The van der Waals surface area contributed by atoms with Crippen LogP contribution in [0.3, 0.4) is 0 Å². The number of rotatable bonds is 8. The van der Waals surface area contributed by atoms with E-state index < -0.39 is 5.82 Å². The van der Waals surface area contributed by atoms with Crippen LogP contribution in [0.4, 0.5) is 4.39 Å². The van der Waals surface area contributed by atoms with E-state index in [1.54, 1.807) is 0 Å². The molecular formula is C17H26FNO2. The van der Waals surface area contributed by atoms with E-state index in [2.05, 4.69) is 32.6 Å². The highest BCUT2D eigenvalue weighted by Crippen LogP contribution is 2.20. The van der Waals surface area contributed by atoms with Crippen LogP contribution in [0.1, 0.15) is 38.1 Å². The maximum Gasteiger partial charge on any atom is 0.180 e. The maximum absolute atomic E-state index is 13.4. The molecule has 1 aromatic rings. The van der Waals surface area contributed by atoms with Gasteiger partial charge in [-0.15, -0.1) is 0 Å². The zero-order valence-electron chi connectivity index (χ0n) is 13.6. The molecule has 3 nitrogen and oxygen atoms in total. The van der Waals surface area contributed by atoms with Crippen molar-refractivity contribution in [2.75, 3.05) is 26.7 Å². The average Bonchev–Trinajstić information content (AvgIpc) is 2.36. The molecule has 0 spiro atoms. The predicted molar refractivity (Wildman–Crippen MR) is 83.4 cm³/mol. The Morgan fingerprint density at radius 3 is 2.24 bits per heavy atom. The summed E-state index contributed by atoms with van der Waals surface area (Å²) in [6.07, 6.45) is 0. The summed E-state index contributed by atoms with van der Waals surface area (Å²) < 4.78 is 18.5. The number of ketones is 1. The zero-order valence-corrected chi connectivity index (χ0v) is 13.6. The van der Waals surface area contributed by atoms with E-state index in [9.17, 15) is 9.18 Å². The molecule has 1 aromatic carbocycles. The van der Waals surface area contributed by atoms with Crippen molar-refractivity contribution < 1.29 is 13.9 Å². The second-order valence-electron chi connectivity index (χ2n) is 6.25. The number of Topliss-reactive ketones (excluding diaryl/α,β-unsaturated/α-hetero) is 1. The molecule has 0 saturated carbocycles. The first-order valence-electron chi connectivity index (χ1n) is 7.42. The molecular weight excluding hydrogens is 269 g/mol. The smallest absolute Gasteiger partial charge is 0.180 e. The fraction of sp³-hybridized carbons (Fsp3) is 0.588. The molecule has 21 heavy (non-hydrogen) atoms. The number of benzene rings is 1. The normalized spacial score (nSPS) is 11.5. The molecule has 0 aliphatic heterocycles. The Morgan fingerprint density at radius 1 is 1.19 bits per heavy atom. The van der Waals surface area contributed by atoms with Gasteiger partial charge in [0, 0.05) is 13.1 Å². The lowest BCUT2D eigenvalue weighted by Crippen LogP contribution is -2.36. The minimum Gasteiger partial charge on any atom is -0.496 e. The largest absolute Gasteiger partial charge is 0.496 e. The Hall–Kier alpha value is -1.42. The molecule has 118 valence electrons. The van der Waals surface area contributed by atoms with E-state index in [4.69, 9.17) is 4.74 Å². The number of ether oxygens (including phenoxy) is 1. The number of methoxy groups -OCH3 is 1. The van der Waals surface area contributed by atoms with Gasteiger partial charge in [0.2, 0.25) is 0 Å². The fourth-order valence-corrected chi connectivity index (χ4v) is 2.42. The summed E-state index contributed by atoms with van der Waals surface area (Å²) in [5.74, 6) is 0.860. The van der Waals surface area contributed by atoms with Gasteiger partial charge < -0.3 is 4.74 Å². The van der Waals surface area contributed by atoms with Crippen LogP contribution in [-0.4, -0.2) is 37.4 Å². The Balaban J connectivity index is 2.88. The molecule has 0 unspecified atom stereocenters. The molecule has 0 radical (unpaired) electrons. The number of hydrogen-bond donors (Lipinski definition) is 0. The second-order valence-corrected chi connectivity index (χ2v) is 6.25. The van der Waals surface area contributed by atoms with Crippen LogP contribution in [0.15, 0.2) is 18.2 Å². The molecule has 1 rings (SSSR count). The van der Waals surface area contributed by atoms with Crippen LogP contribution >= 0.6 is 0 Å². The first-order chi connectivity index (χ1) is 9.83. The molecule has 0 bridgehead atoms. The van der Waals surface area contributed by atoms with E-state index in [1.165, 1.54) is 25.3 Å². The average molecular weight is 295 g/mol. The first-order valence-corrected chi connectivity index (χ1v) is 7.42. The van der Waals surface area contributed by atoms with Gasteiger partial charge in [-0.05, 0) is 30.0 Å². The van der Waals surface area contributed by atoms with Gasteiger partial charge in [0.1, 0.15) is 11.6 Å². The van der Waals surface area contributed by atoms with E-state index in [0.717, 1.165) is 13.1 Å². The number of nitrogens with zero attached hydrogens (tertiary/aromatic N) is 1. The SMILES string of the molecule is COc1ccc(F)cc1C(=O)CN(CC(C)C)CC(C)C. The van der Waals surface area contributed by atoms with Crippen LogP contribution in [0.2, 0.25) is 0 Å². The van der Waals surface area contributed by atoms with Gasteiger partial charge >= 0.3 is 0 Å². The Bertz CT molecular complexity index is 462. The van der Waals surface area contributed by atoms with Gasteiger partial charge in [0.05, 0.1) is 19.2 Å². The van der Waals surface area contributed by atoms with Crippen LogP contribution in [-0.2, 0) is 0 Å². The third kappa shape index (κ3) is 5.84. The van der Waals surface area contributed by atoms with Crippen molar-refractivity contribution in [2.45, 2.75) is 27.7 Å². The summed E-state index contributed by atoms with van der Waals surface area (Å²) >= 11 is 0. The number of hydrogen-bond acceptors (Lipinski definition) is 3. The summed E-state index contributed by atoms with van der Waals surface area (Å²) in [5.41, 5.74) is 0.315. The monoisotopic (exact) mass is 295 g/mol. The van der Waals surface area contributed by atoms with Gasteiger partial charge in [-0.1, -0.05) is 27.7 Å². The van der Waals surface area contributed by atoms with Gasteiger partial charge in [-0.2, -0.15) is 0 Å². The molecule has 4 heteroatoms. The summed E-state index contributed by atoms with van der Waals surface area (Å²) in [7, 11) is 1.49. The van der Waals surface area contributed by atoms with Gasteiger partial charge in [0.25, 0.3) is 0 Å². The maximum atomic E-state index is 13.4. The van der Waals surface area contributed by atoms with E-state index in [1.807, 2.05) is 0 Å². The van der Waals surface area contributed by atoms with Crippen molar-refractivity contribution in [1.29, 1.82) is 0 Å². The van der Waals surface area contributed by atoms with Gasteiger partial charge in [-0.25, -0.2) is 4.39 Å². The molecule has 0 amide bonds. The van der Waals surface area contributed by atoms with Crippen molar-refractivity contribution >= 4 is 5.78 Å².